The van der Waals surface area contributed by atoms with Crippen LogP contribution in [0.25, 0.3) is 22.2 Å². The van der Waals surface area contributed by atoms with Gasteiger partial charge in [-0.25, -0.2) is 14.2 Å². The van der Waals surface area contributed by atoms with Crippen LogP contribution in [0.2, 0.25) is 0 Å². The van der Waals surface area contributed by atoms with E-state index in [9.17, 15) is 9.59 Å². The maximum atomic E-state index is 12.8. The molecule has 1 saturated heterocycles. The average molecular weight is 684 g/mol. The first kappa shape index (κ1) is 37.2. The van der Waals surface area contributed by atoms with Crippen LogP contribution in [-0.4, -0.2) is 48.4 Å². The molecule has 5 rings (SSSR count). The predicted octanol–water partition coefficient (Wildman–Crippen LogP) is 10.2. The number of anilines is 1. The van der Waals surface area contributed by atoms with Gasteiger partial charge in [-0.1, -0.05) is 145 Å². The second-order valence-corrected chi connectivity index (χ2v) is 13.7. The minimum Gasteiger partial charge on any atom is -0.434 e. The molecule has 0 saturated carbocycles. The Balaban J connectivity index is 0.984. The number of ether oxygens (including phenoxy) is 2. The number of rotatable bonds is 21. The monoisotopic (exact) mass is 683 g/mol. The summed E-state index contributed by atoms with van der Waals surface area (Å²) in [6.07, 6.45) is 17.1. The van der Waals surface area contributed by atoms with Gasteiger partial charge in [-0.15, -0.1) is 0 Å². The number of para-hydroxylation sites is 1. The number of oxazole rings is 1. The smallest absolute Gasteiger partial charge is 0.434 e. The summed E-state index contributed by atoms with van der Waals surface area (Å²) in [6.45, 7) is 6.65. The van der Waals surface area contributed by atoms with Gasteiger partial charge in [0.25, 0.3) is 0 Å². The normalized spacial score (nSPS) is 13.6. The number of benzene rings is 3. The molecule has 0 amide bonds. The first-order valence-corrected chi connectivity index (χ1v) is 19.2. The van der Waals surface area contributed by atoms with Crippen molar-refractivity contribution >= 4 is 22.9 Å². The molecular formula is C42H57N3O5. The van der Waals surface area contributed by atoms with E-state index in [2.05, 4.69) is 65.3 Å². The Labute approximate surface area is 298 Å². The van der Waals surface area contributed by atoms with Crippen molar-refractivity contribution in [3.63, 3.8) is 0 Å². The molecule has 2 heterocycles. The highest BCUT2D eigenvalue weighted by atomic mass is 16.7. The summed E-state index contributed by atoms with van der Waals surface area (Å²) in [4.78, 5) is 29.8. The lowest BCUT2D eigenvalue weighted by molar-refractivity contribution is 0.0322. The topological polar surface area (TPSA) is 77.1 Å². The summed E-state index contributed by atoms with van der Waals surface area (Å²) in [7, 11) is 0. The number of carbonyl (C=O) groups excluding carboxylic acids is 1. The zero-order valence-corrected chi connectivity index (χ0v) is 30.2. The van der Waals surface area contributed by atoms with Crippen LogP contribution in [0.5, 0.6) is 0 Å². The zero-order chi connectivity index (χ0) is 34.8. The minimum atomic E-state index is -0.762. The Hall–Kier alpha value is -4.04. The Kier molecular flexibility index (Phi) is 15.3. The number of hydrogen-bond donors (Lipinski definition) is 0. The maximum Gasteiger partial charge on any atom is 0.510 e. The molecule has 0 unspecified atom stereocenters. The van der Waals surface area contributed by atoms with E-state index in [1.807, 2.05) is 24.3 Å². The Morgan fingerprint density at radius 1 is 0.680 bits per heavy atom. The lowest BCUT2D eigenvalue weighted by Gasteiger charge is -2.36. The SMILES string of the molecule is CCCCCCCCCCCCCCCCOC(=O)OCn1c(=O)oc2c(N3CCN(Cc4cccc(-c5ccccc5)c4)CC3)cccc21. The van der Waals surface area contributed by atoms with Crippen LogP contribution in [0.3, 0.4) is 0 Å². The van der Waals surface area contributed by atoms with Crippen molar-refractivity contribution in [2.75, 3.05) is 37.7 Å². The first-order chi connectivity index (χ1) is 24.6. The van der Waals surface area contributed by atoms with Gasteiger partial charge in [0, 0.05) is 32.7 Å². The van der Waals surface area contributed by atoms with Crippen molar-refractivity contribution in [1.29, 1.82) is 0 Å². The van der Waals surface area contributed by atoms with Gasteiger partial charge in [0.05, 0.1) is 17.8 Å². The molecule has 1 aromatic heterocycles. The van der Waals surface area contributed by atoms with Crippen molar-refractivity contribution < 1.29 is 18.7 Å². The fourth-order valence-corrected chi connectivity index (χ4v) is 6.94. The largest absolute Gasteiger partial charge is 0.510 e. The molecule has 3 aromatic carbocycles. The summed E-state index contributed by atoms with van der Waals surface area (Å²) < 4.78 is 17.6. The highest BCUT2D eigenvalue weighted by Gasteiger charge is 2.22. The van der Waals surface area contributed by atoms with E-state index in [0.29, 0.717) is 17.7 Å². The summed E-state index contributed by atoms with van der Waals surface area (Å²) in [5, 5.41) is 0. The van der Waals surface area contributed by atoms with Crippen LogP contribution in [0.1, 0.15) is 102 Å². The quantitative estimate of drug-likeness (QED) is 0.0639. The van der Waals surface area contributed by atoms with E-state index in [4.69, 9.17) is 13.9 Å². The molecular weight excluding hydrogens is 626 g/mol. The van der Waals surface area contributed by atoms with Crippen molar-refractivity contribution in [2.24, 2.45) is 0 Å². The van der Waals surface area contributed by atoms with Crippen molar-refractivity contribution in [3.05, 3.63) is 88.9 Å². The zero-order valence-electron chi connectivity index (χ0n) is 30.2. The molecule has 1 aliphatic heterocycles. The lowest BCUT2D eigenvalue weighted by atomic mass is 10.0. The van der Waals surface area contributed by atoms with E-state index in [1.54, 1.807) is 0 Å². The van der Waals surface area contributed by atoms with Crippen LogP contribution in [0.15, 0.2) is 82.0 Å². The lowest BCUT2D eigenvalue weighted by Crippen LogP contribution is -2.46. The van der Waals surface area contributed by atoms with Crippen LogP contribution < -0.4 is 10.7 Å². The van der Waals surface area contributed by atoms with Gasteiger partial charge in [-0.2, -0.15) is 0 Å². The molecule has 50 heavy (non-hydrogen) atoms. The summed E-state index contributed by atoms with van der Waals surface area (Å²) in [5.41, 5.74) is 5.75. The molecule has 4 aromatic rings. The van der Waals surface area contributed by atoms with E-state index in [-0.39, 0.29) is 6.73 Å². The van der Waals surface area contributed by atoms with Crippen LogP contribution in [-0.2, 0) is 22.7 Å². The summed E-state index contributed by atoms with van der Waals surface area (Å²) >= 11 is 0. The Morgan fingerprint density at radius 2 is 1.30 bits per heavy atom. The van der Waals surface area contributed by atoms with Gasteiger partial charge in [-0.05, 0) is 41.3 Å². The van der Waals surface area contributed by atoms with Gasteiger partial charge in [0.15, 0.2) is 12.3 Å². The number of hydrogen-bond acceptors (Lipinski definition) is 7. The second-order valence-electron chi connectivity index (χ2n) is 13.7. The number of nitrogens with zero attached hydrogens (tertiary/aromatic N) is 3. The molecule has 0 aliphatic carbocycles. The van der Waals surface area contributed by atoms with E-state index in [1.165, 1.54) is 91.9 Å². The number of aromatic nitrogens is 1. The number of piperazine rings is 1. The minimum absolute atomic E-state index is 0.247. The molecule has 1 fully saturated rings. The predicted molar refractivity (Wildman–Crippen MR) is 203 cm³/mol. The molecule has 0 N–H and O–H groups in total. The van der Waals surface area contributed by atoms with E-state index >= 15 is 0 Å². The number of fused-ring (bicyclic) bond motifs is 1. The highest BCUT2D eigenvalue weighted by Crippen LogP contribution is 2.28. The van der Waals surface area contributed by atoms with Crippen molar-refractivity contribution in [1.82, 2.24) is 9.47 Å². The fourth-order valence-electron chi connectivity index (χ4n) is 6.94. The summed E-state index contributed by atoms with van der Waals surface area (Å²) in [6, 6.07) is 24.9. The standard InChI is InChI=1S/C42H57N3O5/c1-2-3-4-5-6-7-8-9-10-11-12-13-14-18-31-48-42(47)49-34-45-39-26-20-25-38(40(39)50-41(45)46)44-29-27-43(28-30-44)33-35-21-19-24-37(32-35)36-22-16-15-17-23-36/h15-17,19-26,32H,2-14,18,27-31,33-34H2,1H3. The fraction of sp³-hybridized carbons (Fsp3) is 0.524. The average Bonchev–Trinajstić information content (AvgIpc) is 3.48. The van der Waals surface area contributed by atoms with Gasteiger partial charge in [0.2, 0.25) is 0 Å². The van der Waals surface area contributed by atoms with Crippen LogP contribution in [0.4, 0.5) is 10.5 Å². The number of carbonyl (C=O) groups is 1. The van der Waals surface area contributed by atoms with Crippen LogP contribution >= 0.6 is 0 Å². The van der Waals surface area contributed by atoms with Crippen molar-refractivity contribution in [2.45, 2.75) is 110 Å². The van der Waals surface area contributed by atoms with Gasteiger partial charge in [-0.3, -0.25) is 4.90 Å². The van der Waals surface area contributed by atoms with Crippen molar-refractivity contribution in [3.8, 4) is 11.1 Å². The molecule has 0 atom stereocenters. The molecule has 0 spiro atoms. The molecule has 0 radical (unpaired) electrons. The third-order valence-electron chi connectivity index (χ3n) is 9.86. The third kappa shape index (κ3) is 11.5. The van der Waals surface area contributed by atoms with E-state index in [0.717, 1.165) is 57.7 Å². The Bertz CT molecular complexity index is 1620. The van der Waals surface area contributed by atoms with Gasteiger partial charge >= 0.3 is 11.9 Å². The molecule has 0 bridgehead atoms. The summed E-state index contributed by atoms with van der Waals surface area (Å²) in [5.74, 6) is -0.552. The first-order valence-electron chi connectivity index (χ1n) is 19.2. The van der Waals surface area contributed by atoms with E-state index < -0.39 is 11.9 Å². The maximum absolute atomic E-state index is 12.8. The Morgan fingerprint density at radius 3 is 1.98 bits per heavy atom. The molecule has 1 aliphatic rings. The molecule has 8 nitrogen and oxygen atoms in total. The second kappa shape index (κ2) is 20.6. The number of unbranched alkanes of at least 4 members (excludes halogenated alkanes) is 13. The van der Waals surface area contributed by atoms with Crippen LogP contribution in [0, 0.1) is 0 Å². The molecule has 8 heteroatoms. The molecule has 270 valence electrons. The van der Waals surface area contributed by atoms with Gasteiger partial charge < -0.3 is 18.8 Å². The third-order valence-corrected chi connectivity index (χ3v) is 9.86. The van der Waals surface area contributed by atoms with Gasteiger partial charge in [0.1, 0.15) is 0 Å². The highest BCUT2D eigenvalue weighted by molar-refractivity contribution is 5.87.